The third kappa shape index (κ3) is 1.71. The average Bonchev–Trinajstić information content (AvgIpc) is 2.36. The molecule has 2 amide bonds. The molecular formula is C7H10BNO4. The number of carboxylic acids is 1. The van der Waals surface area contributed by atoms with Crippen molar-refractivity contribution in [3.05, 3.63) is 0 Å². The van der Waals surface area contributed by atoms with Crippen LogP contribution in [0.5, 0.6) is 0 Å². The molecule has 1 unspecified atom stereocenters. The summed E-state index contributed by atoms with van der Waals surface area (Å²) in [7, 11) is 1.64. The molecule has 0 aliphatic carbocycles. The zero-order valence-corrected chi connectivity index (χ0v) is 7.32. The van der Waals surface area contributed by atoms with E-state index in [0.717, 1.165) is 4.90 Å². The summed E-state index contributed by atoms with van der Waals surface area (Å²) in [6.45, 7) is 0. The van der Waals surface area contributed by atoms with Crippen LogP contribution < -0.4 is 0 Å². The van der Waals surface area contributed by atoms with Gasteiger partial charge in [0, 0.05) is 12.8 Å². The van der Waals surface area contributed by atoms with Crippen LogP contribution in [0.15, 0.2) is 0 Å². The van der Waals surface area contributed by atoms with E-state index < -0.39 is 12.0 Å². The molecule has 0 saturated carbocycles. The van der Waals surface area contributed by atoms with Crippen LogP contribution in [0.3, 0.4) is 0 Å². The number of hydrogen-bond acceptors (Lipinski definition) is 3. The van der Waals surface area contributed by atoms with Gasteiger partial charge in [0.05, 0.1) is 0 Å². The molecular weight excluding hydrogens is 173 g/mol. The summed E-state index contributed by atoms with van der Waals surface area (Å²) in [6.07, 6.45) is 0.540. The number of nitrogens with zero attached hydrogens (tertiary/aromatic N) is 1. The number of aliphatic carboxylic acids is 1. The van der Waals surface area contributed by atoms with Crippen molar-refractivity contribution in [3.63, 3.8) is 0 Å². The number of likely N-dealkylation sites (tertiary alicyclic amines) is 1. The van der Waals surface area contributed by atoms with E-state index in [1.165, 1.54) is 0 Å². The van der Waals surface area contributed by atoms with Crippen LogP contribution >= 0.6 is 0 Å². The lowest BCUT2D eigenvalue weighted by Crippen LogP contribution is -2.44. The van der Waals surface area contributed by atoms with E-state index in [0.29, 0.717) is 0 Å². The molecule has 5 nitrogen and oxygen atoms in total. The van der Waals surface area contributed by atoms with Crippen LogP contribution in [0.4, 0.5) is 0 Å². The highest BCUT2D eigenvalue weighted by Crippen LogP contribution is 2.17. The summed E-state index contributed by atoms with van der Waals surface area (Å²) in [5.74, 6) is -1.87. The molecule has 0 spiro atoms. The number of imide groups is 1. The lowest BCUT2D eigenvalue weighted by atomic mass is 9.96. The standard InChI is InChI=1S/C7H10BNO4/c8-3-4(7(12)13)9-5(10)1-2-6(9)11/h4H,1-3,8H2,(H,12,13). The fourth-order valence-corrected chi connectivity index (χ4v) is 1.41. The number of amides is 2. The highest BCUT2D eigenvalue weighted by Gasteiger charge is 2.37. The van der Waals surface area contributed by atoms with E-state index in [-0.39, 0.29) is 31.0 Å². The number of rotatable bonds is 3. The highest BCUT2D eigenvalue weighted by atomic mass is 16.4. The van der Waals surface area contributed by atoms with E-state index >= 15 is 0 Å². The molecule has 6 heteroatoms. The van der Waals surface area contributed by atoms with E-state index in [1.54, 1.807) is 7.85 Å². The first kappa shape index (κ1) is 9.76. The third-order valence-corrected chi connectivity index (χ3v) is 2.07. The predicted octanol–water partition coefficient (Wildman–Crippen LogP) is -1.36. The number of hydrogen-bond donors (Lipinski definition) is 1. The summed E-state index contributed by atoms with van der Waals surface area (Å²) >= 11 is 0. The Morgan fingerprint density at radius 3 is 2.23 bits per heavy atom. The molecule has 0 aromatic carbocycles. The van der Waals surface area contributed by atoms with Crippen molar-refractivity contribution in [1.82, 2.24) is 4.90 Å². The van der Waals surface area contributed by atoms with Gasteiger partial charge in [-0.1, -0.05) is 0 Å². The molecule has 1 saturated heterocycles. The summed E-state index contributed by atoms with van der Waals surface area (Å²) in [5.41, 5.74) is 0. The van der Waals surface area contributed by atoms with Gasteiger partial charge in [-0.2, -0.15) is 0 Å². The quantitative estimate of drug-likeness (QED) is 0.433. The Morgan fingerprint density at radius 2 is 1.92 bits per heavy atom. The van der Waals surface area contributed by atoms with Gasteiger partial charge >= 0.3 is 5.97 Å². The normalized spacial score (nSPS) is 19.2. The van der Waals surface area contributed by atoms with Crippen LogP contribution in [0, 0.1) is 0 Å². The third-order valence-electron chi connectivity index (χ3n) is 2.07. The first-order valence-electron chi connectivity index (χ1n) is 4.15. The fourth-order valence-electron chi connectivity index (χ4n) is 1.41. The minimum Gasteiger partial charge on any atom is -0.480 e. The van der Waals surface area contributed by atoms with E-state index in [4.69, 9.17) is 5.11 Å². The van der Waals surface area contributed by atoms with Gasteiger partial charge in [-0.05, 0) is 6.32 Å². The summed E-state index contributed by atoms with van der Waals surface area (Å²) in [5, 5.41) is 8.72. The molecule has 0 radical (unpaired) electrons. The van der Waals surface area contributed by atoms with Crippen LogP contribution in [0.2, 0.25) is 6.32 Å². The van der Waals surface area contributed by atoms with Gasteiger partial charge in [0.25, 0.3) is 0 Å². The van der Waals surface area contributed by atoms with Gasteiger partial charge in [0.2, 0.25) is 11.8 Å². The zero-order valence-electron chi connectivity index (χ0n) is 7.32. The second kappa shape index (κ2) is 3.59. The van der Waals surface area contributed by atoms with Crippen LogP contribution in [-0.2, 0) is 14.4 Å². The van der Waals surface area contributed by atoms with Crippen molar-refractivity contribution in [1.29, 1.82) is 0 Å². The Morgan fingerprint density at radius 1 is 1.46 bits per heavy atom. The molecule has 13 heavy (non-hydrogen) atoms. The fraction of sp³-hybridized carbons (Fsp3) is 0.571. The maximum Gasteiger partial charge on any atom is 0.326 e. The molecule has 0 bridgehead atoms. The van der Waals surface area contributed by atoms with Crippen molar-refractivity contribution in [3.8, 4) is 0 Å². The van der Waals surface area contributed by atoms with Gasteiger partial charge in [0.1, 0.15) is 13.9 Å². The Kier molecular flexibility index (Phi) is 2.70. The summed E-state index contributed by atoms with van der Waals surface area (Å²) in [6, 6.07) is -0.984. The first-order chi connectivity index (χ1) is 6.07. The van der Waals surface area contributed by atoms with Crippen molar-refractivity contribution in [2.24, 2.45) is 0 Å². The molecule has 1 heterocycles. The van der Waals surface area contributed by atoms with Gasteiger partial charge < -0.3 is 5.11 Å². The lowest BCUT2D eigenvalue weighted by molar-refractivity contribution is -0.153. The van der Waals surface area contributed by atoms with Crippen molar-refractivity contribution >= 4 is 25.6 Å². The van der Waals surface area contributed by atoms with Crippen LogP contribution in [-0.4, -0.2) is 41.7 Å². The molecule has 1 N–H and O–H groups in total. The lowest BCUT2D eigenvalue weighted by Gasteiger charge is -2.20. The van der Waals surface area contributed by atoms with E-state index in [9.17, 15) is 14.4 Å². The number of carbonyl (C=O) groups excluding carboxylic acids is 2. The maximum atomic E-state index is 11.1. The Labute approximate surface area is 76.1 Å². The van der Waals surface area contributed by atoms with Crippen molar-refractivity contribution < 1.29 is 19.5 Å². The largest absolute Gasteiger partial charge is 0.480 e. The Bertz CT molecular complexity index is 249. The molecule has 70 valence electrons. The first-order valence-corrected chi connectivity index (χ1v) is 4.15. The Hall–Kier alpha value is -1.33. The monoisotopic (exact) mass is 183 g/mol. The summed E-state index contributed by atoms with van der Waals surface area (Å²) < 4.78 is 0. The number of carboxylic acid groups (broad SMARTS) is 1. The zero-order chi connectivity index (χ0) is 10.0. The molecule has 1 aliphatic rings. The summed E-state index contributed by atoms with van der Waals surface area (Å²) in [4.78, 5) is 33.8. The van der Waals surface area contributed by atoms with Gasteiger partial charge in [0.15, 0.2) is 0 Å². The van der Waals surface area contributed by atoms with E-state index in [2.05, 4.69) is 0 Å². The second-order valence-electron chi connectivity index (χ2n) is 2.92. The molecule has 0 aromatic rings. The topological polar surface area (TPSA) is 74.7 Å². The highest BCUT2D eigenvalue weighted by molar-refractivity contribution is 6.13. The maximum absolute atomic E-state index is 11.1. The predicted molar refractivity (Wildman–Crippen MR) is 45.9 cm³/mol. The van der Waals surface area contributed by atoms with E-state index in [1.807, 2.05) is 0 Å². The average molecular weight is 183 g/mol. The smallest absolute Gasteiger partial charge is 0.326 e. The molecule has 1 fully saturated rings. The number of carbonyl (C=O) groups is 3. The van der Waals surface area contributed by atoms with Crippen molar-refractivity contribution in [2.75, 3.05) is 0 Å². The Balaban J connectivity index is 2.84. The molecule has 0 aromatic heterocycles. The van der Waals surface area contributed by atoms with Gasteiger partial charge in [-0.3, -0.25) is 14.5 Å². The van der Waals surface area contributed by atoms with Crippen LogP contribution in [0.1, 0.15) is 12.8 Å². The van der Waals surface area contributed by atoms with Gasteiger partial charge in [-0.15, -0.1) is 0 Å². The molecule has 1 aliphatic heterocycles. The van der Waals surface area contributed by atoms with Gasteiger partial charge in [-0.25, -0.2) is 4.79 Å². The molecule has 1 atom stereocenters. The van der Waals surface area contributed by atoms with Crippen LogP contribution in [0.25, 0.3) is 0 Å². The van der Waals surface area contributed by atoms with Crippen molar-refractivity contribution in [2.45, 2.75) is 25.2 Å². The SMILES string of the molecule is BCC(C(=O)O)N1C(=O)CCC1=O. The second-order valence-corrected chi connectivity index (χ2v) is 2.92. The minimum atomic E-state index is -1.12. The minimum absolute atomic E-state index is 0.141. The molecule has 1 rings (SSSR count).